The average Bonchev–Trinajstić information content (AvgIpc) is 3.31. The van der Waals surface area contributed by atoms with E-state index in [1.54, 1.807) is 6.92 Å². The van der Waals surface area contributed by atoms with Gasteiger partial charge in [-0.2, -0.15) is 22.0 Å². The number of rotatable bonds is 10. The molecule has 0 heterocycles. The molecule has 0 aliphatic heterocycles. The topological polar surface area (TPSA) is 162 Å². The van der Waals surface area contributed by atoms with Crippen molar-refractivity contribution in [1.82, 2.24) is 0 Å². The third-order valence-corrected chi connectivity index (χ3v) is 13.3. The number of carbonyl (C=O) groups is 4. The summed E-state index contributed by atoms with van der Waals surface area (Å²) in [5.74, 6) is -4.13. The van der Waals surface area contributed by atoms with Crippen LogP contribution in [0.3, 0.4) is 0 Å². The maximum atomic E-state index is 13.9. The minimum absolute atomic E-state index is 0.0418. The van der Waals surface area contributed by atoms with E-state index in [1.165, 1.54) is 20.8 Å². The molecule has 286 valence electrons. The minimum Gasteiger partial charge on any atom is -0.743 e. The first-order chi connectivity index (χ1) is 22.8. The summed E-state index contributed by atoms with van der Waals surface area (Å²) in [4.78, 5) is 49.2. The SMILES string of the molecule is CC(=O)O[C@@H]1CC[C@@]2(C)[C@@H](C1)C[C@@H](OC(C)=O)[C@@H]1[C@@H]2C[C@H](OC(C)=O)[C@]2(C)[C@@H](C(C)CCC(=O)OC(C(F)(F)F)C(F)(F)S(=O)(=O)[O-])CC[C@@H]12. The predicted octanol–water partition coefficient (Wildman–Crippen LogP) is 5.69. The predicted molar refractivity (Wildman–Crippen MR) is 162 cm³/mol. The molecule has 0 bridgehead atoms. The van der Waals surface area contributed by atoms with Gasteiger partial charge in [-0.1, -0.05) is 20.8 Å². The molecule has 4 fully saturated rings. The Bertz CT molecular complexity index is 1440. The molecule has 4 aliphatic rings. The summed E-state index contributed by atoms with van der Waals surface area (Å²) in [6, 6.07) is 0. The molecule has 0 N–H and O–H groups in total. The minimum atomic E-state index is -6.83. The van der Waals surface area contributed by atoms with Crippen molar-refractivity contribution in [3.63, 3.8) is 0 Å². The van der Waals surface area contributed by atoms with Crippen LogP contribution in [0.5, 0.6) is 0 Å². The molecule has 0 spiro atoms. The molecule has 12 atom stereocenters. The third-order valence-electron chi connectivity index (χ3n) is 12.4. The van der Waals surface area contributed by atoms with E-state index in [-0.39, 0.29) is 53.5 Å². The first kappa shape index (κ1) is 40.2. The zero-order chi connectivity index (χ0) is 37.8. The second-order valence-electron chi connectivity index (χ2n) is 15.2. The first-order valence-corrected chi connectivity index (χ1v) is 18.4. The van der Waals surface area contributed by atoms with Crippen molar-refractivity contribution in [2.24, 2.45) is 46.3 Å². The molecule has 4 saturated carbocycles. The summed E-state index contributed by atoms with van der Waals surface area (Å²) in [5, 5.41) is -5.94. The van der Waals surface area contributed by atoms with Crippen LogP contribution in [0.15, 0.2) is 0 Å². The highest BCUT2D eigenvalue weighted by molar-refractivity contribution is 7.86. The Kier molecular flexibility index (Phi) is 11.3. The Morgan fingerprint density at radius 3 is 2.00 bits per heavy atom. The van der Waals surface area contributed by atoms with Gasteiger partial charge in [-0.25, -0.2) is 8.42 Å². The van der Waals surface area contributed by atoms with Gasteiger partial charge in [0.15, 0.2) is 10.1 Å². The van der Waals surface area contributed by atoms with Crippen LogP contribution < -0.4 is 0 Å². The number of hydrogen-bond donors (Lipinski definition) is 0. The Labute approximate surface area is 288 Å². The fourth-order valence-corrected chi connectivity index (χ4v) is 10.8. The number of hydrogen-bond acceptors (Lipinski definition) is 11. The van der Waals surface area contributed by atoms with E-state index in [0.717, 1.165) is 6.42 Å². The largest absolute Gasteiger partial charge is 0.743 e. The summed E-state index contributed by atoms with van der Waals surface area (Å²) in [6.07, 6.45) is -8.73. The van der Waals surface area contributed by atoms with Crippen LogP contribution >= 0.6 is 0 Å². The lowest BCUT2D eigenvalue weighted by atomic mass is 9.43. The zero-order valence-corrected chi connectivity index (χ0v) is 29.7. The molecule has 0 radical (unpaired) electrons. The standard InChI is InChI=1S/C33H47F5O11S/c1-16(7-10-27(42)49-29(32(34,35)36)33(37,38)50(43,44)45)22-8-9-23-28-24(15-26(31(22,23)6)48-19(4)41)30(5)12-11-21(46-17(2)39)13-20(30)14-25(28)47-18(3)40/h16,20-26,28-29H,7-15H2,1-6H3,(H,43,44,45)/p-1/t16?,20-,21+,22+,23-,24-,25+,26-,28-,29?,30-,31+/m0/s1. The molecule has 2 unspecified atom stereocenters. The number of halogens is 5. The van der Waals surface area contributed by atoms with Crippen molar-refractivity contribution < 1.29 is 73.0 Å². The monoisotopic (exact) mass is 745 g/mol. The van der Waals surface area contributed by atoms with Crippen LogP contribution in [0.4, 0.5) is 22.0 Å². The maximum Gasteiger partial charge on any atom is 0.432 e. The van der Waals surface area contributed by atoms with E-state index >= 15 is 0 Å². The van der Waals surface area contributed by atoms with Crippen molar-refractivity contribution in [3.8, 4) is 0 Å². The van der Waals surface area contributed by atoms with Crippen LogP contribution in [0.25, 0.3) is 0 Å². The van der Waals surface area contributed by atoms with Gasteiger partial charge in [-0.05, 0) is 86.4 Å². The summed E-state index contributed by atoms with van der Waals surface area (Å²) < 4.78 is 122. The van der Waals surface area contributed by atoms with Crippen LogP contribution in [-0.4, -0.2) is 72.7 Å². The van der Waals surface area contributed by atoms with Crippen molar-refractivity contribution in [1.29, 1.82) is 0 Å². The van der Waals surface area contributed by atoms with Gasteiger partial charge in [0, 0.05) is 38.5 Å². The third kappa shape index (κ3) is 7.63. The molecule has 50 heavy (non-hydrogen) atoms. The Morgan fingerprint density at radius 1 is 0.860 bits per heavy atom. The highest BCUT2D eigenvalue weighted by Gasteiger charge is 2.68. The molecule has 0 saturated heterocycles. The van der Waals surface area contributed by atoms with Gasteiger partial charge < -0.3 is 23.5 Å². The number of carbonyl (C=O) groups excluding carboxylic acids is 4. The second-order valence-corrected chi connectivity index (χ2v) is 16.7. The van der Waals surface area contributed by atoms with Gasteiger partial charge in [0.25, 0.3) is 6.10 Å². The average molecular weight is 746 g/mol. The van der Waals surface area contributed by atoms with E-state index in [4.69, 9.17) is 14.2 Å². The number of alkyl halides is 5. The number of esters is 4. The highest BCUT2D eigenvalue weighted by Crippen LogP contribution is 2.69. The number of fused-ring (bicyclic) bond motifs is 5. The smallest absolute Gasteiger partial charge is 0.432 e. The summed E-state index contributed by atoms with van der Waals surface area (Å²) in [5.41, 5.74) is -1.01. The van der Waals surface area contributed by atoms with Gasteiger partial charge in [0.2, 0.25) is 0 Å². The molecular weight excluding hydrogens is 699 g/mol. The fraction of sp³-hybridized carbons (Fsp3) is 0.879. The molecule has 11 nitrogen and oxygen atoms in total. The lowest BCUT2D eigenvalue weighted by Crippen LogP contribution is -2.63. The van der Waals surface area contributed by atoms with Gasteiger partial charge >= 0.3 is 35.3 Å². The molecular formula is C33H46F5O11S-. The summed E-state index contributed by atoms with van der Waals surface area (Å²) >= 11 is 0. The lowest BCUT2D eigenvalue weighted by molar-refractivity contribution is -0.259. The Balaban J connectivity index is 1.60. The highest BCUT2D eigenvalue weighted by atomic mass is 32.2. The van der Waals surface area contributed by atoms with E-state index < -0.39 is 75.5 Å². The summed E-state index contributed by atoms with van der Waals surface area (Å²) in [6.45, 7) is 9.87. The molecule has 0 amide bonds. The van der Waals surface area contributed by atoms with Crippen molar-refractivity contribution in [2.75, 3.05) is 0 Å². The van der Waals surface area contributed by atoms with Crippen LogP contribution in [0, 0.1) is 46.3 Å². The summed E-state index contributed by atoms with van der Waals surface area (Å²) in [7, 11) is -6.83. The van der Waals surface area contributed by atoms with Crippen LogP contribution in [0.1, 0.15) is 99.3 Å². The molecule has 0 aromatic heterocycles. The molecule has 4 rings (SSSR count). The van der Waals surface area contributed by atoms with Gasteiger partial charge in [-0.3, -0.25) is 19.2 Å². The van der Waals surface area contributed by atoms with E-state index in [2.05, 4.69) is 11.7 Å². The van der Waals surface area contributed by atoms with Crippen molar-refractivity contribution >= 4 is 34.0 Å². The van der Waals surface area contributed by atoms with Crippen LogP contribution in [0.2, 0.25) is 0 Å². The number of ether oxygens (including phenoxy) is 4. The maximum absolute atomic E-state index is 13.9. The van der Waals surface area contributed by atoms with Crippen LogP contribution in [-0.2, 0) is 48.2 Å². The Hall–Kier alpha value is -2.56. The van der Waals surface area contributed by atoms with Gasteiger partial charge in [-0.15, -0.1) is 0 Å². The quantitative estimate of drug-likeness (QED) is 0.117. The molecule has 0 aromatic carbocycles. The molecule has 17 heteroatoms. The zero-order valence-electron chi connectivity index (χ0n) is 28.9. The van der Waals surface area contributed by atoms with Gasteiger partial charge in [0.1, 0.15) is 18.3 Å². The molecule has 0 aromatic rings. The molecule has 4 aliphatic carbocycles. The van der Waals surface area contributed by atoms with Gasteiger partial charge in [0.05, 0.1) is 0 Å². The fourth-order valence-electron chi connectivity index (χ4n) is 10.3. The lowest BCUT2D eigenvalue weighted by Gasteiger charge is -2.64. The second kappa shape index (κ2) is 14.1. The van der Waals surface area contributed by atoms with E-state index in [0.29, 0.717) is 38.5 Å². The van der Waals surface area contributed by atoms with E-state index in [1.807, 2.05) is 6.92 Å². The Morgan fingerprint density at radius 2 is 1.46 bits per heavy atom. The van der Waals surface area contributed by atoms with E-state index in [9.17, 15) is 54.1 Å². The van der Waals surface area contributed by atoms with Crippen molar-refractivity contribution in [2.45, 2.75) is 135 Å². The van der Waals surface area contributed by atoms with Crippen molar-refractivity contribution in [3.05, 3.63) is 0 Å². The first-order valence-electron chi connectivity index (χ1n) is 16.9. The normalized spacial score (nSPS) is 36.9.